The van der Waals surface area contributed by atoms with Crippen LogP contribution >= 0.6 is 11.3 Å². The normalized spacial score (nSPS) is 11.9. The van der Waals surface area contributed by atoms with E-state index in [2.05, 4.69) is 9.88 Å². The van der Waals surface area contributed by atoms with Crippen LogP contribution in [0, 0.1) is 5.82 Å². The molecule has 6 nitrogen and oxygen atoms in total. The van der Waals surface area contributed by atoms with Gasteiger partial charge in [0.25, 0.3) is 0 Å². The smallest absolute Gasteiger partial charge is 0.229 e. The van der Waals surface area contributed by atoms with Gasteiger partial charge in [-0.05, 0) is 43.4 Å². The molecule has 0 aliphatic rings. The molecule has 0 fully saturated rings. The number of anilines is 1. The zero-order valence-corrected chi connectivity index (χ0v) is 19.3. The van der Waals surface area contributed by atoms with Crippen LogP contribution in [-0.4, -0.2) is 56.1 Å². The highest BCUT2D eigenvalue weighted by Gasteiger charge is 2.23. The van der Waals surface area contributed by atoms with Gasteiger partial charge >= 0.3 is 0 Å². The van der Waals surface area contributed by atoms with Crippen molar-refractivity contribution < 1.29 is 17.6 Å². The van der Waals surface area contributed by atoms with E-state index in [9.17, 15) is 17.6 Å². The number of benzene rings is 2. The Hall–Kier alpha value is -2.36. The summed E-state index contributed by atoms with van der Waals surface area (Å²) >= 11 is 1.23. The number of sulfone groups is 1. The molecule has 0 unspecified atom stereocenters. The van der Waals surface area contributed by atoms with Crippen LogP contribution in [0.2, 0.25) is 0 Å². The summed E-state index contributed by atoms with van der Waals surface area (Å²) in [7, 11) is -3.57. The Bertz CT molecular complexity index is 1130. The number of hydrogen-bond donors (Lipinski definition) is 0. The van der Waals surface area contributed by atoms with E-state index in [4.69, 9.17) is 0 Å². The lowest BCUT2D eigenvalue weighted by Crippen LogP contribution is -2.39. The molecule has 1 aromatic heterocycles. The molecule has 3 rings (SSSR count). The first-order chi connectivity index (χ1) is 14.8. The fourth-order valence-electron chi connectivity index (χ4n) is 3.21. The Balaban J connectivity index is 1.81. The Kier molecular flexibility index (Phi) is 7.74. The minimum atomic E-state index is -3.57. The Morgan fingerprint density at radius 1 is 1.06 bits per heavy atom. The van der Waals surface area contributed by atoms with Crippen molar-refractivity contribution in [3.05, 3.63) is 54.3 Å². The number of likely N-dealkylation sites (N-methyl/N-ethyl adjacent to an activating group) is 1. The number of thiazole rings is 1. The predicted molar refractivity (Wildman–Crippen MR) is 123 cm³/mol. The highest BCUT2D eigenvalue weighted by Crippen LogP contribution is 2.30. The summed E-state index contributed by atoms with van der Waals surface area (Å²) in [5, 5.41) is 0.454. The molecule has 1 amide bonds. The molecule has 0 bridgehead atoms. The molecular formula is C22H26FN3O3S2. The summed E-state index contributed by atoms with van der Waals surface area (Å²) in [5.41, 5.74) is 0.610. The Morgan fingerprint density at radius 3 is 2.45 bits per heavy atom. The van der Waals surface area contributed by atoms with E-state index in [1.807, 2.05) is 13.8 Å². The number of amides is 1. The quantitative estimate of drug-likeness (QED) is 0.455. The number of rotatable bonds is 10. The third-order valence-corrected chi connectivity index (χ3v) is 7.87. The first-order valence-electron chi connectivity index (χ1n) is 10.2. The van der Waals surface area contributed by atoms with E-state index in [0.717, 1.165) is 13.1 Å². The van der Waals surface area contributed by atoms with Crippen LogP contribution in [0.5, 0.6) is 0 Å². The third kappa shape index (κ3) is 5.87. The van der Waals surface area contributed by atoms with Crippen molar-refractivity contribution >= 4 is 42.4 Å². The molecule has 0 saturated heterocycles. The molecule has 0 atom stereocenters. The first kappa shape index (κ1) is 23.3. The van der Waals surface area contributed by atoms with Gasteiger partial charge in [-0.25, -0.2) is 17.8 Å². The van der Waals surface area contributed by atoms with Crippen molar-refractivity contribution in [2.45, 2.75) is 25.2 Å². The second kappa shape index (κ2) is 10.3. The first-order valence-corrected chi connectivity index (χ1v) is 12.7. The largest absolute Gasteiger partial charge is 0.302 e. The molecule has 0 aliphatic heterocycles. The summed E-state index contributed by atoms with van der Waals surface area (Å²) in [6.45, 7) is 6.78. The molecule has 0 spiro atoms. The fraction of sp³-hybridized carbons (Fsp3) is 0.364. The zero-order chi connectivity index (χ0) is 22.4. The highest BCUT2D eigenvalue weighted by molar-refractivity contribution is 7.91. The van der Waals surface area contributed by atoms with E-state index < -0.39 is 9.84 Å². The molecule has 0 N–H and O–H groups in total. The summed E-state index contributed by atoms with van der Waals surface area (Å²) < 4.78 is 39.4. The average Bonchev–Trinajstić information content (AvgIpc) is 3.18. The monoisotopic (exact) mass is 463 g/mol. The molecular weight excluding hydrogens is 437 g/mol. The van der Waals surface area contributed by atoms with Crippen molar-refractivity contribution in [3.63, 3.8) is 0 Å². The number of nitrogens with zero attached hydrogens (tertiary/aromatic N) is 3. The SMILES string of the molecule is CCN(CC)CCN(C(=O)CCS(=O)(=O)c1ccccc1)c1nc2ccc(F)cc2s1. The number of halogens is 1. The maximum Gasteiger partial charge on any atom is 0.229 e. The van der Waals surface area contributed by atoms with Crippen LogP contribution in [-0.2, 0) is 14.6 Å². The lowest BCUT2D eigenvalue weighted by atomic mass is 10.3. The zero-order valence-electron chi connectivity index (χ0n) is 17.6. The van der Waals surface area contributed by atoms with Crippen molar-refractivity contribution in [1.29, 1.82) is 0 Å². The van der Waals surface area contributed by atoms with Gasteiger partial charge in [-0.3, -0.25) is 9.69 Å². The van der Waals surface area contributed by atoms with Crippen LogP contribution in [0.4, 0.5) is 9.52 Å². The average molecular weight is 464 g/mol. The van der Waals surface area contributed by atoms with Gasteiger partial charge in [-0.15, -0.1) is 0 Å². The lowest BCUT2D eigenvalue weighted by molar-refractivity contribution is -0.118. The molecule has 0 saturated carbocycles. The van der Waals surface area contributed by atoms with E-state index in [0.29, 0.717) is 28.4 Å². The minimum Gasteiger partial charge on any atom is -0.302 e. The third-order valence-electron chi connectivity index (χ3n) is 5.09. The molecule has 166 valence electrons. The van der Waals surface area contributed by atoms with Gasteiger partial charge in [0.15, 0.2) is 15.0 Å². The number of aromatic nitrogens is 1. The summed E-state index contributed by atoms with van der Waals surface area (Å²) in [5.74, 6) is -0.958. The van der Waals surface area contributed by atoms with Crippen LogP contribution in [0.3, 0.4) is 0 Å². The predicted octanol–water partition coefficient (Wildman–Crippen LogP) is 3.97. The van der Waals surface area contributed by atoms with Crippen LogP contribution in [0.25, 0.3) is 10.2 Å². The van der Waals surface area contributed by atoms with E-state index in [-0.39, 0.29) is 28.8 Å². The number of hydrogen-bond acceptors (Lipinski definition) is 6. The van der Waals surface area contributed by atoms with Crippen molar-refractivity contribution in [2.24, 2.45) is 0 Å². The topological polar surface area (TPSA) is 70.6 Å². The van der Waals surface area contributed by atoms with Crippen molar-refractivity contribution in [2.75, 3.05) is 36.8 Å². The second-order valence-electron chi connectivity index (χ2n) is 7.06. The van der Waals surface area contributed by atoms with Crippen LogP contribution < -0.4 is 4.90 Å². The van der Waals surface area contributed by atoms with Gasteiger partial charge in [0.05, 0.1) is 20.9 Å². The van der Waals surface area contributed by atoms with Gasteiger partial charge in [-0.1, -0.05) is 43.4 Å². The summed E-state index contributed by atoms with van der Waals surface area (Å²) in [6.07, 6.45) is -0.153. The number of carbonyl (C=O) groups is 1. The van der Waals surface area contributed by atoms with Gasteiger partial charge < -0.3 is 4.90 Å². The minimum absolute atomic E-state index is 0.153. The van der Waals surface area contributed by atoms with Gasteiger partial charge in [0, 0.05) is 19.5 Å². The van der Waals surface area contributed by atoms with Crippen LogP contribution in [0.15, 0.2) is 53.4 Å². The molecule has 31 heavy (non-hydrogen) atoms. The molecule has 0 aliphatic carbocycles. The molecule has 0 radical (unpaired) electrons. The van der Waals surface area contributed by atoms with Gasteiger partial charge in [0.1, 0.15) is 5.82 Å². The molecule has 2 aromatic carbocycles. The van der Waals surface area contributed by atoms with E-state index in [1.165, 1.54) is 40.5 Å². The van der Waals surface area contributed by atoms with Crippen LogP contribution in [0.1, 0.15) is 20.3 Å². The van der Waals surface area contributed by atoms with Gasteiger partial charge in [-0.2, -0.15) is 0 Å². The van der Waals surface area contributed by atoms with Crippen molar-refractivity contribution in [1.82, 2.24) is 9.88 Å². The second-order valence-corrected chi connectivity index (χ2v) is 10.2. The maximum absolute atomic E-state index is 13.6. The maximum atomic E-state index is 13.6. The lowest BCUT2D eigenvalue weighted by Gasteiger charge is -2.24. The van der Waals surface area contributed by atoms with E-state index in [1.54, 1.807) is 24.3 Å². The molecule has 1 heterocycles. The van der Waals surface area contributed by atoms with E-state index >= 15 is 0 Å². The highest BCUT2D eigenvalue weighted by atomic mass is 32.2. The van der Waals surface area contributed by atoms with Gasteiger partial charge in [0.2, 0.25) is 5.91 Å². The molecule has 3 aromatic rings. The molecule has 9 heteroatoms. The summed E-state index contributed by atoms with van der Waals surface area (Å²) in [6, 6.07) is 12.4. The fourth-order valence-corrected chi connectivity index (χ4v) is 5.50. The Morgan fingerprint density at radius 2 is 1.77 bits per heavy atom. The number of carbonyl (C=O) groups excluding carboxylic acids is 1. The Labute approximate surface area is 186 Å². The number of fused-ring (bicyclic) bond motifs is 1. The summed E-state index contributed by atoms with van der Waals surface area (Å²) in [4.78, 5) is 21.5. The van der Waals surface area contributed by atoms with Crippen molar-refractivity contribution in [3.8, 4) is 0 Å². The standard InChI is InChI=1S/C22H26FN3O3S2/c1-3-25(4-2)13-14-26(22-24-19-11-10-17(23)16-20(19)30-22)21(27)12-15-31(28,29)18-8-6-5-7-9-18/h5-11,16H,3-4,12-15H2,1-2H3.